The van der Waals surface area contributed by atoms with E-state index in [0.29, 0.717) is 25.7 Å². The zero-order chi connectivity index (χ0) is 13.9. The average molecular weight is 276 g/mol. The van der Waals surface area contributed by atoms with Crippen LogP contribution < -0.4 is 11.1 Å². The van der Waals surface area contributed by atoms with Gasteiger partial charge in [0.2, 0.25) is 5.82 Å². The van der Waals surface area contributed by atoms with Crippen LogP contribution in [0.25, 0.3) is 0 Å². The van der Waals surface area contributed by atoms with Crippen molar-refractivity contribution in [3.63, 3.8) is 0 Å². The lowest BCUT2D eigenvalue weighted by atomic mass is 10.4. The number of aromatic nitrogens is 2. The predicted octanol–water partition coefficient (Wildman–Crippen LogP) is 1.92. The first-order chi connectivity index (χ1) is 8.95. The van der Waals surface area contributed by atoms with Crippen LogP contribution in [0.2, 0.25) is 0 Å². The number of anilines is 2. The predicted molar refractivity (Wildman–Crippen MR) is 63.5 cm³/mol. The number of nitrogens with zero attached hydrogens (tertiary/aromatic N) is 2. The highest BCUT2D eigenvalue weighted by Gasteiger charge is 2.35. The van der Waals surface area contributed by atoms with Crippen LogP contribution in [0.4, 0.5) is 24.8 Å². The van der Waals surface area contributed by atoms with Gasteiger partial charge < -0.3 is 15.8 Å². The summed E-state index contributed by atoms with van der Waals surface area (Å²) >= 11 is 0. The van der Waals surface area contributed by atoms with Gasteiger partial charge in [-0.05, 0) is 18.8 Å². The monoisotopic (exact) mass is 276 g/mol. The maximum absolute atomic E-state index is 12.5. The van der Waals surface area contributed by atoms with Crippen LogP contribution in [-0.2, 0) is 10.9 Å². The van der Waals surface area contributed by atoms with Crippen molar-refractivity contribution in [1.29, 1.82) is 0 Å². The molecule has 1 aromatic heterocycles. The van der Waals surface area contributed by atoms with Gasteiger partial charge in [-0.1, -0.05) is 0 Å². The van der Waals surface area contributed by atoms with E-state index in [1.165, 1.54) is 18.9 Å². The number of ether oxygens (including phenoxy) is 1. The Morgan fingerprint density at radius 3 is 2.74 bits per heavy atom. The Hall–Kier alpha value is -1.57. The van der Waals surface area contributed by atoms with E-state index in [9.17, 15) is 13.2 Å². The number of halogens is 3. The molecule has 1 aliphatic carbocycles. The third-order valence-electron chi connectivity index (χ3n) is 2.60. The van der Waals surface area contributed by atoms with Gasteiger partial charge in [0.25, 0.3) is 0 Å². The fourth-order valence-corrected chi connectivity index (χ4v) is 1.47. The van der Waals surface area contributed by atoms with Gasteiger partial charge in [0, 0.05) is 19.2 Å². The molecular formula is C11H15F3N4O. The van der Waals surface area contributed by atoms with Gasteiger partial charge >= 0.3 is 6.18 Å². The van der Waals surface area contributed by atoms with E-state index in [4.69, 9.17) is 10.5 Å². The molecule has 0 amide bonds. The van der Waals surface area contributed by atoms with Crippen LogP contribution in [0.15, 0.2) is 6.07 Å². The molecule has 0 spiro atoms. The van der Waals surface area contributed by atoms with Gasteiger partial charge in [-0.3, -0.25) is 0 Å². The van der Waals surface area contributed by atoms with E-state index in [-0.39, 0.29) is 11.6 Å². The molecule has 1 heterocycles. The fraction of sp³-hybridized carbons (Fsp3) is 0.636. The average Bonchev–Trinajstić information content (AvgIpc) is 3.10. The minimum Gasteiger partial charge on any atom is -0.384 e. The van der Waals surface area contributed by atoms with Gasteiger partial charge in [-0.25, -0.2) is 9.97 Å². The molecular weight excluding hydrogens is 261 g/mol. The van der Waals surface area contributed by atoms with Crippen molar-refractivity contribution >= 4 is 11.6 Å². The lowest BCUT2D eigenvalue weighted by Gasteiger charge is -2.10. The van der Waals surface area contributed by atoms with Crippen molar-refractivity contribution in [2.75, 3.05) is 30.8 Å². The van der Waals surface area contributed by atoms with Crippen LogP contribution in [-0.4, -0.2) is 29.7 Å². The summed E-state index contributed by atoms with van der Waals surface area (Å²) in [5, 5.41) is 2.74. The van der Waals surface area contributed by atoms with Crippen LogP contribution in [0.5, 0.6) is 0 Å². The number of hydrogen-bond acceptors (Lipinski definition) is 5. The lowest BCUT2D eigenvalue weighted by molar-refractivity contribution is -0.144. The highest BCUT2D eigenvalue weighted by molar-refractivity contribution is 5.44. The molecule has 0 saturated heterocycles. The standard InChI is InChI=1S/C11H15F3N4O/c12-11(13,14)10-17-8(15)5-9(18-10)16-3-4-19-6-7-1-2-7/h5,7H,1-4,6H2,(H3,15,16,17,18). The molecule has 2 rings (SSSR count). The number of hydrogen-bond donors (Lipinski definition) is 2. The molecule has 1 fully saturated rings. The Kier molecular flexibility index (Phi) is 4.08. The quantitative estimate of drug-likeness (QED) is 0.776. The highest BCUT2D eigenvalue weighted by Crippen LogP contribution is 2.29. The van der Waals surface area contributed by atoms with Crippen molar-refractivity contribution in [1.82, 2.24) is 9.97 Å². The van der Waals surface area contributed by atoms with Crippen LogP contribution in [0, 0.1) is 5.92 Å². The number of nitrogens with two attached hydrogens (primary N) is 1. The minimum absolute atomic E-state index is 0.0508. The molecule has 0 unspecified atom stereocenters. The second-order valence-electron chi connectivity index (χ2n) is 4.44. The Labute approximate surface area is 108 Å². The summed E-state index contributed by atoms with van der Waals surface area (Å²) in [6, 6.07) is 1.26. The molecule has 1 saturated carbocycles. The first-order valence-electron chi connectivity index (χ1n) is 5.98. The van der Waals surface area contributed by atoms with E-state index in [2.05, 4.69) is 15.3 Å². The first-order valence-corrected chi connectivity index (χ1v) is 5.98. The minimum atomic E-state index is -4.60. The maximum atomic E-state index is 12.5. The summed E-state index contributed by atoms with van der Waals surface area (Å²) in [6.07, 6.45) is -2.20. The van der Waals surface area contributed by atoms with E-state index < -0.39 is 12.0 Å². The summed E-state index contributed by atoms with van der Waals surface area (Å²) < 4.78 is 42.7. The molecule has 106 valence electrons. The van der Waals surface area contributed by atoms with Crippen LogP contribution >= 0.6 is 0 Å². The summed E-state index contributed by atoms with van der Waals surface area (Å²) in [5.41, 5.74) is 5.31. The molecule has 1 aromatic rings. The van der Waals surface area contributed by atoms with E-state index in [1.807, 2.05) is 0 Å². The maximum Gasteiger partial charge on any atom is 0.451 e. The normalized spacial score (nSPS) is 15.5. The van der Waals surface area contributed by atoms with E-state index in [1.54, 1.807) is 0 Å². The second kappa shape index (κ2) is 5.60. The van der Waals surface area contributed by atoms with Crippen molar-refractivity contribution < 1.29 is 17.9 Å². The summed E-state index contributed by atoms with van der Waals surface area (Å²) in [5.74, 6) is -0.751. The largest absolute Gasteiger partial charge is 0.451 e. The van der Waals surface area contributed by atoms with Crippen molar-refractivity contribution in [2.45, 2.75) is 19.0 Å². The van der Waals surface area contributed by atoms with Gasteiger partial charge in [0.15, 0.2) is 0 Å². The molecule has 0 bridgehead atoms. The number of alkyl halides is 3. The molecule has 19 heavy (non-hydrogen) atoms. The van der Waals surface area contributed by atoms with Gasteiger partial charge in [0.1, 0.15) is 11.6 Å². The van der Waals surface area contributed by atoms with Gasteiger partial charge in [-0.15, -0.1) is 0 Å². The topological polar surface area (TPSA) is 73.1 Å². The fourth-order valence-electron chi connectivity index (χ4n) is 1.47. The summed E-state index contributed by atoms with van der Waals surface area (Å²) in [6.45, 7) is 1.50. The summed E-state index contributed by atoms with van der Waals surface area (Å²) in [7, 11) is 0. The van der Waals surface area contributed by atoms with Crippen LogP contribution in [0.3, 0.4) is 0 Å². The molecule has 3 N–H and O–H groups in total. The summed E-state index contributed by atoms with van der Waals surface area (Å²) in [4.78, 5) is 6.52. The smallest absolute Gasteiger partial charge is 0.384 e. The molecule has 0 aromatic carbocycles. The lowest BCUT2D eigenvalue weighted by Crippen LogP contribution is -2.16. The molecule has 0 aliphatic heterocycles. The molecule has 0 atom stereocenters. The molecule has 0 radical (unpaired) electrons. The van der Waals surface area contributed by atoms with Crippen molar-refractivity contribution in [3.8, 4) is 0 Å². The third kappa shape index (κ3) is 4.55. The zero-order valence-corrected chi connectivity index (χ0v) is 10.2. The van der Waals surface area contributed by atoms with Crippen LogP contribution in [0.1, 0.15) is 18.7 Å². The highest BCUT2D eigenvalue weighted by atomic mass is 19.4. The Balaban J connectivity index is 1.83. The Morgan fingerprint density at radius 2 is 2.11 bits per heavy atom. The number of nitrogen functional groups attached to an aromatic ring is 1. The SMILES string of the molecule is Nc1cc(NCCOCC2CC2)nc(C(F)(F)F)n1. The van der Waals surface area contributed by atoms with E-state index >= 15 is 0 Å². The number of rotatable bonds is 6. The Bertz CT molecular complexity index is 434. The van der Waals surface area contributed by atoms with Crippen molar-refractivity contribution in [2.24, 2.45) is 5.92 Å². The van der Waals surface area contributed by atoms with E-state index in [0.717, 1.165) is 0 Å². The zero-order valence-electron chi connectivity index (χ0n) is 10.2. The first kappa shape index (κ1) is 13.9. The number of nitrogens with one attached hydrogen (secondary N) is 1. The molecule has 1 aliphatic rings. The van der Waals surface area contributed by atoms with Gasteiger partial charge in [-0.2, -0.15) is 13.2 Å². The van der Waals surface area contributed by atoms with Gasteiger partial charge in [0.05, 0.1) is 6.61 Å². The van der Waals surface area contributed by atoms with Crippen molar-refractivity contribution in [3.05, 3.63) is 11.9 Å². The second-order valence-corrected chi connectivity index (χ2v) is 4.44. The molecule has 5 nitrogen and oxygen atoms in total. The molecule has 8 heteroatoms. The Morgan fingerprint density at radius 1 is 1.37 bits per heavy atom. The third-order valence-corrected chi connectivity index (χ3v) is 2.60.